The number of thiophene rings is 1. The molecule has 3 aromatic rings. The van der Waals surface area contributed by atoms with Crippen LogP contribution in [0.25, 0.3) is 10.2 Å². The van der Waals surface area contributed by atoms with Crippen molar-refractivity contribution in [2.45, 2.75) is 26.8 Å². The number of methoxy groups -OCH3 is 2. The number of hydrogen-bond donors (Lipinski definition) is 2. The summed E-state index contributed by atoms with van der Waals surface area (Å²) in [4.78, 5) is 21.8. The number of ether oxygens (including phenoxy) is 2. The summed E-state index contributed by atoms with van der Waals surface area (Å²) < 4.78 is 10.6. The zero-order chi connectivity index (χ0) is 19.0. The predicted molar refractivity (Wildman–Crippen MR) is 106 cm³/mol. The van der Waals surface area contributed by atoms with Gasteiger partial charge in [-0.05, 0) is 26.3 Å². The predicted octanol–water partition coefficient (Wildman–Crippen LogP) is 4.45. The van der Waals surface area contributed by atoms with Crippen molar-refractivity contribution in [2.24, 2.45) is 0 Å². The van der Waals surface area contributed by atoms with Crippen LogP contribution in [0.5, 0.6) is 11.5 Å². The Morgan fingerprint density at radius 3 is 2.58 bits per heavy atom. The highest BCUT2D eigenvalue weighted by atomic mass is 35.5. The number of nitrogens with zero attached hydrogens (tertiary/aromatic N) is 1. The van der Waals surface area contributed by atoms with Gasteiger partial charge in [-0.25, -0.2) is 4.98 Å². The zero-order valence-electron chi connectivity index (χ0n) is 15.2. The van der Waals surface area contributed by atoms with Crippen molar-refractivity contribution in [1.29, 1.82) is 0 Å². The molecule has 3 rings (SSSR count). The van der Waals surface area contributed by atoms with Crippen LogP contribution in [0.4, 0.5) is 5.69 Å². The molecule has 0 saturated carbocycles. The minimum Gasteiger partial charge on any atom is -0.495 e. The first-order valence-corrected chi connectivity index (χ1v) is 9.23. The summed E-state index contributed by atoms with van der Waals surface area (Å²) in [6.45, 7) is 5.85. The number of hydrogen-bond acceptors (Lipinski definition) is 6. The highest BCUT2D eigenvalue weighted by Gasteiger charge is 2.17. The fraction of sp³-hybridized carbons (Fsp3) is 0.333. The summed E-state index contributed by atoms with van der Waals surface area (Å²) >= 11 is 7.67. The molecule has 2 heterocycles. The monoisotopic (exact) mass is 393 g/mol. The molecule has 0 spiro atoms. The Labute approximate surface area is 160 Å². The number of benzene rings is 1. The third-order valence-corrected chi connectivity index (χ3v) is 5.71. The van der Waals surface area contributed by atoms with Crippen molar-refractivity contribution in [1.82, 2.24) is 9.97 Å². The van der Waals surface area contributed by atoms with Gasteiger partial charge in [-0.1, -0.05) is 11.6 Å². The highest BCUT2D eigenvalue weighted by Crippen LogP contribution is 2.37. The number of halogens is 1. The lowest BCUT2D eigenvalue weighted by atomic mass is 10.2. The normalized spacial score (nSPS) is 12.2. The van der Waals surface area contributed by atoms with E-state index >= 15 is 0 Å². The minimum absolute atomic E-state index is 0.124. The van der Waals surface area contributed by atoms with Crippen LogP contribution < -0.4 is 20.3 Å². The molecule has 0 bridgehead atoms. The zero-order valence-corrected chi connectivity index (χ0v) is 16.8. The van der Waals surface area contributed by atoms with Crippen molar-refractivity contribution in [3.05, 3.63) is 43.8 Å². The van der Waals surface area contributed by atoms with Gasteiger partial charge in [0, 0.05) is 17.0 Å². The van der Waals surface area contributed by atoms with Crippen LogP contribution in [0, 0.1) is 13.8 Å². The van der Waals surface area contributed by atoms with Gasteiger partial charge in [-0.15, -0.1) is 11.3 Å². The van der Waals surface area contributed by atoms with Gasteiger partial charge in [0.1, 0.15) is 22.2 Å². The minimum atomic E-state index is -0.255. The number of nitrogens with one attached hydrogen (secondary N) is 2. The molecule has 0 aliphatic heterocycles. The van der Waals surface area contributed by atoms with Gasteiger partial charge in [0.2, 0.25) is 0 Å². The molecule has 2 aromatic heterocycles. The molecule has 0 amide bonds. The SMILES string of the molecule is COc1cc(N[C@H](C)c2nc3sc(C)c(C)c3c(=O)[nH]2)c(OC)cc1Cl. The molecule has 0 aliphatic carbocycles. The number of aryl methyl sites for hydroxylation is 2. The van der Waals surface area contributed by atoms with Gasteiger partial charge in [0.25, 0.3) is 5.56 Å². The molecule has 0 fully saturated rings. The number of aromatic amines is 1. The Kier molecular flexibility index (Phi) is 5.11. The third kappa shape index (κ3) is 3.24. The number of aromatic nitrogens is 2. The first-order chi connectivity index (χ1) is 12.3. The van der Waals surface area contributed by atoms with E-state index in [1.165, 1.54) is 11.3 Å². The topological polar surface area (TPSA) is 76.2 Å². The maximum Gasteiger partial charge on any atom is 0.259 e. The lowest BCUT2D eigenvalue weighted by Crippen LogP contribution is -2.17. The third-order valence-electron chi connectivity index (χ3n) is 4.31. The fourth-order valence-electron chi connectivity index (χ4n) is 2.75. The van der Waals surface area contributed by atoms with Crippen LogP contribution in [0.1, 0.15) is 29.2 Å². The molecule has 26 heavy (non-hydrogen) atoms. The van der Waals surface area contributed by atoms with Gasteiger partial charge in [0.05, 0.1) is 36.4 Å². The maximum atomic E-state index is 12.5. The number of rotatable bonds is 5. The molecule has 1 aromatic carbocycles. The Hall–Kier alpha value is -2.25. The highest BCUT2D eigenvalue weighted by molar-refractivity contribution is 7.18. The molecular weight excluding hydrogens is 374 g/mol. The second-order valence-corrected chi connectivity index (χ2v) is 7.58. The van der Waals surface area contributed by atoms with Crippen LogP contribution in [0.15, 0.2) is 16.9 Å². The molecule has 8 heteroatoms. The molecule has 138 valence electrons. The van der Waals surface area contributed by atoms with Crippen LogP contribution in [0.3, 0.4) is 0 Å². The fourth-order valence-corrected chi connectivity index (χ4v) is 4.02. The van der Waals surface area contributed by atoms with Crippen LogP contribution >= 0.6 is 22.9 Å². The van der Waals surface area contributed by atoms with E-state index in [0.717, 1.165) is 15.3 Å². The lowest BCUT2D eigenvalue weighted by molar-refractivity contribution is 0.404. The molecule has 0 aliphatic rings. The van der Waals surface area contributed by atoms with E-state index in [1.54, 1.807) is 26.4 Å². The summed E-state index contributed by atoms with van der Waals surface area (Å²) in [6.07, 6.45) is 0. The Balaban J connectivity index is 1.99. The number of fused-ring (bicyclic) bond motifs is 1. The van der Waals surface area contributed by atoms with E-state index < -0.39 is 0 Å². The van der Waals surface area contributed by atoms with E-state index in [4.69, 9.17) is 21.1 Å². The average molecular weight is 394 g/mol. The summed E-state index contributed by atoms with van der Waals surface area (Å²) in [5.74, 6) is 1.66. The molecular formula is C18H20ClN3O3S. The van der Waals surface area contributed by atoms with E-state index in [0.29, 0.717) is 33.4 Å². The van der Waals surface area contributed by atoms with E-state index in [2.05, 4.69) is 15.3 Å². The summed E-state index contributed by atoms with van der Waals surface area (Å²) in [7, 11) is 3.12. The summed E-state index contributed by atoms with van der Waals surface area (Å²) in [5.41, 5.74) is 1.55. The smallest absolute Gasteiger partial charge is 0.259 e. The molecule has 0 unspecified atom stereocenters. The maximum absolute atomic E-state index is 12.5. The van der Waals surface area contributed by atoms with Crippen LogP contribution in [-0.4, -0.2) is 24.2 Å². The summed E-state index contributed by atoms with van der Waals surface area (Å²) in [6, 6.07) is 3.18. The first-order valence-electron chi connectivity index (χ1n) is 8.03. The van der Waals surface area contributed by atoms with E-state index in [-0.39, 0.29) is 11.6 Å². The van der Waals surface area contributed by atoms with Gasteiger partial charge < -0.3 is 19.8 Å². The number of H-pyrrole nitrogens is 1. The Morgan fingerprint density at radius 1 is 1.23 bits per heavy atom. The second kappa shape index (κ2) is 7.17. The molecule has 0 saturated heterocycles. The molecule has 2 N–H and O–H groups in total. The number of anilines is 1. The van der Waals surface area contributed by atoms with Crippen molar-refractivity contribution >= 4 is 38.8 Å². The van der Waals surface area contributed by atoms with Gasteiger partial charge in [-0.2, -0.15) is 0 Å². The Bertz CT molecular complexity index is 1030. The van der Waals surface area contributed by atoms with Gasteiger partial charge in [-0.3, -0.25) is 4.79 Å². The molecule has 0 radical (unpaired) electrons. The van der Waals surface area contributed by atoms with Crippen LogP contribution in [-0.2, 0) is 0 Å². The quantitative estimate of drug-likeness (QED) is 0.669. The van der Waals surface area contributed by atoms with Crippen LogP contribution in [0.2, 0.25) is 5.02 Å². The van der Waals surface area contributed by atoms with Crippen molar-refractivity contribution in [3.63, 3.8) is 0 Å². The standard InChI is InChI=1S/C18H20ClN3O3S/c1-8-10(3)26-18-15(8)17(23)21-16(22-18)9(2)20-12-7-13(24-4)11(19)6-14(12)25-5/h6-7,9,20H,1-5H3,(H,21,22,23)/t9-/m1/s1. The Morgan fingerprint density at radius 2 is 1.92 bits per heavy atom. The first kappa shape index (κ1) is 18.5. The van der Waals surface area contributed by atoms with E-state index in [9.17, 15) is 4.79 Å². The average Bonchev–Trinajstić information content (AvgIpc) is 2.90. The second-order valence-electron chi connectivity index (χ2n) is 5.97. The van der Waals surface area contributed by atoms with E-state index in [1.807, 2.05) is 20.8 Å². The van der Waals surface area contributed by atoms with Gasteiger partial charge in [0.15, 0.2) is 0 Å². The van der Waals surface area contributed by atoms with Gasteiger partial charge >= 0.3 is 0 Å². The van der Waals surface area contributed by atoms with Crippen molar-refractivity contribution < 1.29 is 9.47 Å². The largest absolute Gasteiger partial charge is 0.495 e. The van der Waals surface area contributed by atoms with Crippen molar-refractivity contribution in [2.75, 3.05) is 19.5 Å². The summed E-state index contributed by atoms with van der Waals surface area (Å²) in [5, 5.41) is 4.42. The lowest BCUT2D eigenvalue weighted by Gasteiger charge is -2.18. The molecule has 1 atom stereocenters. The molecule has 6 nitrogen and oxygen atoms in total. The van der Waals surface area contributed by atoms with Crippen molar-refractivity contribution in [3.8, 4) is 11.5 Å².